The van der Waals surface area contributed by atoms with Crippen LogP contribution in [0, 0.1) is 5.92 Å². The van der Waals surface area contributed by atoms with Crippen molar-refractivity contribution in [1.82, 2.24) is 9.80 Å². The number of amides is 3. The number of carboxylic acid groups (broad SMARTS) is 1. The van der Waals surface area contributed by atoms with Gasteiger partial charge in [0.1, 0.15) is 18.3 Å². The Hall–Kier alpha value is -2.88. The summed E-state index contributed by atoms with van der Waals surface area (Å²) >= 11 is 1.48. The van der Waals surface area contributed by atoms with Crippen molar-refractivity contribution in [2.75, 3.05) is 13.2 Å². The Morgan fingerprint density at radius 2 is 2.15 bits per heavy atom. The number of primary amides is 1. The number of thiophene rings is 1. The maximum atomic E-state index is 12.7. The fourth-order valence-corrected chi connectivity index (χ4v) is 4.94. The number of rotatable bonds is 5. The minimum Gasteiger partial charge on any atom is -0.477 e. The maximum absolute atomic E-state index is 12.7. The van der Waals surface area contributed by atoms with Gasteiger partial charge in [-0.3, -0.25) is 14.5 Å². The third-order valence-electron chi connectivity index (χ3n) is 5.26. The summed E-state index contributed by atoms with van der Waals surface area (Å²) in [5, 5.41) is 11.4. The van der Waals surface area contributed by atoms with Gasteiger partial charge in [0.05, 0.1) is 12.5 Å². The van der Waals surface area contributed by atoms with E-state index in [2.05, 4.69) is 0 Å². The van der Waals surface area contributed by atoms with Gasteiger partial charge in [-0.15, -0.1) is 11.3 Å². The molecule has 4 rings (SSSR count). The molecule has 4 heterocycles. The van der Waals surface area contributed by atoms with Crippen LogP contribution in [-0.4, -0.2) is 64.0 Å². The SMILES string of the molecule is NC(=O)OCC1=C(C(=O)O)N2C(=O)[C@@H]3[C@H]2[C@H](C1)CN3C(=O)Cc1cccs1. The monoisotopic (exact) mass is 391 g/mol. The first-order chi connectivity index (χ1) is 12.9. The zero-order valence-electron chi connectivity index (χ0n) is 14.2. The molecule has 2 fully saturated rings. The van der Waals surface area contributed by atoms with Crippen molar-refractivity contribution in [3.05, 3.63) is 33.7 Å². The van der Waals surface area contributed by atoms with Gasteiger partial charge in [-0.25, -0.2) is 9.59 Å². The summed E-state index contributed by atoms with van der Waals surface area (Å²) in [5.74, 6) is -1.89. The first-order valence-electron chi connectivity index (χ1n) is 8.41. The van der Waals surface area contributed by atoms with E-state index < -0.39 is 24.0 Å². The molecular formula is C17H17N3O6S. The van der Waals surface area contributed by atoms with Crippen molar-refractivity contribution < 1.29 is 29.0 Å². The van der Waals surface area contributed by atoms with Crippen LogP contribution >= 0.6 is 11.3 Å². The molecule has 3 aliphatic heterocycles. The molecule has 0 radical (unpaired) electrons. The van der Waals surface area contributed by atoms with Crippen molar-refractivity contribution in [2.24, 2.45) is 11.7 Å². The molecule has 3 N–H and O–H groups in total. The van der Waals surface area contributed by atoms with Crippen LogP contribution in [0.4, 0.5) is 4.79 Å². The number of ether oxygens (including phenoxy) is 1. The minimum atomic E-state index is -1.26. The molecule has 0 spiro atoms. The second-order valence-corrected chi connectivity index (χ2v) is 7.81. The Morgan fingerprint density at radius 1 is 1.37 bits per heavy atom. The fourth-order valence-electron chi connectivity index (χ4n) is 4.24. The largest absolute Gasteiger partial charge is 0.477 e. The number of hydrogen-bond acceptors (Lipinski definition) is 6. The summed E-state index contributed by atoms with van der Waals surface area (Å²) < 4.78 is 4.76. The first-order valence-corrected chi connectivity index (χ1v) is 9.29. The summed E-state index contributed by atoms with van der Waals surface area (Å²) in [4.78, 5) is 51.7. The van der Waals surface area contributed by atoms with E-state index in [-0.39, 0.29) is 36.6 Å². The lowest BCUT2D eigenvalue weighted by atomic mass is 9.79. The molecule has 1 aromatic heterocycles. The number of carboxylic acids is 1. The minimum absolute atomic E-state index is 0.0884. The molecule has 0 aliphatic carbocycles. The maximum Gasteiger partial charge on any atom is 0.404 e. The molecule has 0 bridgehead atoms. The van der Waals surface area contributed by atoms with Crippen LogP contribution in [0.25, 0.3) is 0 Å². The molecular weight excluding hydrogens is 374 g/mol. The average molecular weight is 391 g/mol. The average Bonchev–Trinajstić information content (AvgIpc) is 3.23. The van der Waals surface area contributed by atoms with Gasteiger partial charge >= 0.3 is 12.1 Å². The van der Waals surface area contributed by atoms with Gasteiger partial charge in [-0.1, -0.05) is 6.07 Å². The van der Waals surface area contributed by atoms with Gasteiger partial charge in [0.2, 0.25) is 5.91 Å². The number of aliphatic carboxylic acids is 1. The van der Waals surface area contributed by atoms with E-state index in [1.807, 2.05) is 17.5 Å². The van der Waals surface area contributed by atoms with E-state index in [4.69, 9.17) is 10.5 Å². The fraction of sp³-hybridized carbons (Fsp3) is 0.412. The van der Waals surface area contributed by atoms with Crippen molar-refractivity contribution in [3.8, 4) is 0 Å². The Bertz CT molecular complexity index is 864. The van der Waals surface area contributed by atoms with Crippen molar-refractivity contribution in [3.63, 3.8) is 0 Å². The van der Waals surface area contributed by atoms with Crippen LogP contribution in [-0.2, 0) is 25.5 Å². The number of nitrogens with zero attached hydrogens (tertiary/aromatic N) is 2. The summed E-state index contributed by atoms with van der Waals surface area (Å²) in [6.45, 7) is 0.0898. The summed E-state index contributed by atoms with van der Waals surface area (Å²) in [6, 6.07) is 2.77. The van der Waals surface area contributed by atoms with Crippen molar-refractivity contribution in [2.45, 2.75) is 24.9 Å². The predicted octanol–water partition coefficient (Wildman–Crippen LogP) is 0.166. The predicted molar refractivity (Wildman–Crippen MR) is 92.5 cm³/mol. The number of nitrogens with two attached hydrogens (primary N) is 1. The van der Waals surface area contributed by atoms with Gasteiger partial charge in [0, 0.05) is 17.3 Å². The second kappa shape index (κ2) is 6.38. The van der Waals surface area contributed by atoms with Crippen LogP contribution in [0.1, 0.15) is 11.3 Å². The molecule has 2 saturated heterocycles. The highest BCUT2D eigenvalue weighted by atomic mass is 32.1. The first kappa shape index (κ1) is 17.5. The third kappa shape index (κ3) is 2.76. The number of hydrogen-bond donors (Lipinski definition) is 2. The van der Waals surface area contributed by atoms with E-state index in [1.165, 1.54) is 16.2 Å². The number of carbonyl (C=O) groups excluding carboxylic acids is 3. The summed E-state index contributed by atoms with van der Waals surface area (Å²) in [7, 11) is 0. The second-order valence-electron chi connectivity index (χ2n) is 6.78. The molecule has 3 aliphatic rings. The van der Waals surface area contributed by atoms with Gasteiger partial charge in [-0.05, 0) is 23.4 Å². The lowest BCUT2D eigenvalue weighted by Gasteiger charge is -2.49. The van der Waals surface area contributed by atoms with Crippen molar-refractivity contribution >= 4 is 35.2 Å². The van der Waals surface area contributed by atoms with Gasteiger partial charge in [-0.2, -0.15) is 0 Å². The van der Waals surface area contributed by atoms with E-state index in [0.29, 0.717) is 18.5 Å². The van der Waals surface area contributed by atoms with Crippen LogP contribution in [0.2, 0.25) is 0 Å². The Kier molecular flexibility index (Phi) is 4.14. The molecule has 0 saturated carbocycles. The topological polar surface area (TPSA) is 130 Å². The molecule has 142 valence electrons. The highest BCUT2D eigenvalue weighted by molar-refractivity contribution is 7.10. The molecule has 1 aromatic rings. The number of β-lactam (4-membered cyclic amide) rings is 1. The van der Waals surface area contributed by atoms with Gasteiger partial charge in [0.25, 0.3) is 5.91 Å². The highest BCUT2D eigenvalue weighted by Crippen LogP contribution is 2.47. The van der Waals surface area contributed by atoms with E-state index >= 15 is 0 Å². The Labute approximate surface area is 158 Å². The lowest BCUT2D eigenvalue weighted by Crippen LogP contribution is -2.69. The molecule has 10 heteroatoms. The molecule has 9 nitrogen and oxygen atoms in total. The van der Waals surface area contributed by atoms with Crippen LogP contribution < -0.4 is 5.73 Å². The van der Waals surface area contributed by atoms with Gasteiger partial charge in [0.15, 0.2) is 0 Å². The standard InChI is InChI=1S/C17H17N3O6S/c18-17(25)26-7-9-4-8-6-19(11(21)5-10-2-1-3-27-10)14-12(8)20(15(14)22)13(9)16(23)24/h1-3,8,12,14H,4-7H2,(H2,18,25)(H,23,24)/t8-,12-,14+/m1/s1. The number of likely N-dealkylation sites (tertiary alicyclic amines) is 1. The van der Waals surface area contributed by atoms with Crippen LogP contribution in [0.15, 0.2) is 28.8 Å². The molecule has 27 heavy (non-hydrogen) atoms. The smallest absolute Gasteiger partial charge is 0.404 e. The normalized spacial score (nSPS) is 25.9. The van der Waals surface area contributed by atoms with Crippen LogP contribution in [0.3, 0.4) is 0 Å². The highest BCUT2D eigenvalue weighted by Gasteiger charge is 2.63. The summed E-state index contributed by atoms with van der Waals surface area (Å²) in [5.41, 5.74) is 5.15. The van der Waals surface area contributed by atoms with E-state index in [1.54, 1.807) is 4.90 Å². The molecule has 3 amide bonds. The summed E-state index contributed by atoms with van der Waals surface area (Å²) in [6.07, 6.45) is -0.457. The molecule has 0 aromatic carbocycles. The number of carbonyl (C=O) groups is 4. The lowest BCUT2D eigenvalue weighted by molar-refractivity contribution is -0.160. The Morgan fingerprint density at radius 3 is 2.78 bits per heavy atom. The zero-order chi connectivity index (χ0) is 19.3. The molecule has 0 unspecified atom stereocenters. The molecule has 3 atom stereocenters. The Balaban J connectivity index is 1.57. The van der Waals surface area contributed by atoms with Crippen LogP contribution in [0.5, 0.6) is 0 Å². The van der Waals surface area contributed by atoms with E-state index in [9.17, 15) is 24.3 Å². The van der Waals surface area contributed by atoms with E-state index in [0.717, 1.165) is 4.88 Å². The van der Waals surface area contributed by atoms with Gasteiger partial charge < -0.3 is 20.5 Å². The van der Waals surface area contributed by atoms with Crippen molar-refractivity contribution in [1.29, 1.82) is 0 Å². The quantitative estimate of drug-likeness (QED) is 0.688. The zero-order valence-corrected chi connectivity index (χ0v) is 15.0. The third-order valence-corrected chi connectivity index (χ3v) is 6.14.